The van der Waals surface area contributed by atoms with Crippen molar-refractivity contribution >= 4 is 0 Å². The molecule has 140 valence electrons. The van der Waals surface area contributed by atoms with Gasteiger partial charge in [-0.2, -0.15) is 4.98 Å². The lowest BCUT2D eigenvalue weighted by atomic mass is 10.1. The summed E-state index contributed by atoms with van der Waals surface area (Å²) in [6.07, 6.45) is -0.244. The van der Waals surface area contributed by atoms with Crippen molar-refractivity contribution in [3.05, 3.63) is 59.9 Å². The van der Waals surface area contributed by atoms with Gasteiger partial charge in [-0.25, -0.2) is 0 Å². The number of phenolic OH excluding ortho intramolecular Hbond substituents is 1. The second-order valence-corrected chi connectivity index (χ2v) is 6.42. The van der Waals surface area contributed by atoms with Gasteiger partial charge >= 0.3 is 0 Å². The van der Waals surface area contributed by atoms with Crippen LogP contribution in [0.3, 0.4) is 0 Å². The summed E-state index contributed by atoms with van der Waals surface area (Å²) >= 11 is 0. The van der Waals surface area contributed by atoms with Crippen LogP contribution in [0.2, 0.25) is 0 Å². The van der Waals surface area contributed by atoms with Gasteiger partial charge in [0.1, 0.15) is 6.10 Å². The van der Waals surface area contributed by atoms with Gasteiger partial charge in [-0.05, 0) is 29.8 Å². The van der Waals surface area contributed by atoms with Crippen LogP contribution in [0.4, 0.5) is 0 Å². The third-order valence-electron chi connectivity index (χ3n) is 4.55. The Bertz CT molecular complexity index is 897. The van der Waals surface area contributed by atoms with Crippen LogP contribution in [0.15, 0.2) is 53.1 Å². The van der Waals surface area contributed by atoms with Crippen LogP contribution in [0.5, 0.6) is 11.5 Å². The Morgan fingerprint density at radius 2 is 2.07 bits per heavy atom. The fourth-order valence-electron chi connectivity index (χ4n) is 3.16. The average molecular weight is 367 g/mol. The molecule has 7 heteroatoms. The highest BCUT2D eigenvalue weighted by Crippen LogP contribution is 2.28. The van der Waals surface area contributed by atoms with Crippen molar-refractivity contribution in [2.24, 2.45) is 0 Å². The van der Waals surface area contributed by atoms with E-state index in [0.717, 1.165) is 17.7 Å². The molecule has 1 aromatic heterocycles. The van der Waals surface area contributed by atoms with Crippen molar-refractivity contribution in [2.45, 2.75) is 12.6 Å². The Labute approximate surface area is 157 Å². The quantitative estimate of drug-likeness (QED) is 0.742. The van der Waals surface area contributed by atoms with E-state index in [-0.39, 0.29) is 11.9 Å². The van der Waals surface area contributed by atoms with E-state index in [1.54, 1.807) is 12.1 Å². The topological polar surface area (TPSA) is 80.9 Å². The predicted octanol–water partition coefficient (Wildman–Crippen LogP) is 3.02. The molecule has 0 saturated carbocycles. The third-order valence-corrected chi connectivity index (χ3v) is 4.55. The number of nitrogens with zero attached hydrogens (tertiary/aromatic N) is 3. The van der Waals surface area contributed by atoms with Gasteiger partial charge in [0.25, 0.3) is 5.89 Å². The zero-order valence-electron chi connectivity index (χ0n) is 15.0. The largest absolute Gasteiger partial charge is 0.504 e. The second-order valence-electron chi connectivity index (χ2n) is 6.42. The first-order valence-electron chi connectivity index (χ1n) is 8.82. The molecule has 2 aromatic carbocycles. The molecule has 1 aliphatic heterocycles. The highest BCUT2D eigenvalue weighted by Gasteiger charge is 2.26. The molecule has 1 atom stereocenters. The van der Waals surface area contributed by atoms with Crippen molar-refractivity contribution in [3.63, 3.8) is 0 Å². The van der Waals surface area contributed by atoms with E-state index in [0.29, 0.717) is 37.2 Å². The molecule has 0 radical (unpaired) electrons. The molecule has 0 unspecified atom stereocenters. The van der Waals surface area contributed by atoms with Gasteiger partial charge in [0, 0.05) is 25.2 Å². The Hall–Kier alpha value is -2.90. The van der Waals surface area contributed by atoms with Crippen molar-refractivity contribution < 1.29 is 19.1 Å². The maximum absolute atomic E-state index is 9.96. The standard InChI is InChI=1S/C20H21N3O4/c1-25-17-8-7-14(11-16(17)24)12-23-9-10-26-18(13-23)19-21-20(27-22-19)15-5-3-2-4-6-15/h2-8,11,18,24H,9-10,12-13H2,1H3/t18-/m1/s1. The first kappa shape index (κ1) is 17.5. The minimum absolute atomic E-state index is 0.144. The molecule has 0 amide bonds. The lowest BCUT2D eigenvalue weighted by Crippen LogP contribution is -2.38. The SMILES string of the molecule is COc1ccc(CN2CCO[C@@H](c3noc(-c4ccccc4)n3)C2)cc1O. The van der Waals surface area contributed by atoms with Crippen molar-refractivity contribution in [3.8, 4) is 23.0 Å². The van der Waals surface area contributed by atoms with Crippen LogP contribution < -0.4 is 4.74 Å². The summed E-state index contributed by atoms with van der Waals surface area (Å²) in [5.74, 6) is 1.66. The maximum Gasteiger partial charge on any atom is 0.258 e. The summed E-state index contributed by atoms with van der Waals surface area (Å²) in [6.45, 7) is 2.73. The fourth-order valence-corrected chi connectivity index (χ4v) is 3.16. The molecule has 0 bridgehead atoms. The Morgan fingerprint density at radius 1 is 1.22 bits per heavy atom. The Kier molecular flexibility index (Phi) is 5.04. The summed E-state index contributed by atoms with van der Waals surface area (Å²) in [5.41, 5.74) is 1.89. The van der Waals surface area contributed by atoms with Gasteiger partial charge in [0.05, 0.1) is 13.7 Å². The van der Waals surface area contributed by atoms with Crippen LogP contribution in [0.1, 0.15) is 17.5 Å². The number of aromatic nitrogens is 2. The fraction of sp³-hybridized carbons (Fsp3) is 0.300. The smallest absolute Gasteiger partial charge is 0.258 e. The first-order chi connectivity index (χ1) is 13.2. The maximum atomic E-state index is 9.96. The number of hydrogen-bond donors (Lipinski definition) is 1. The number of morpholine rings is 1. The van der Waals surface area contributed by atoms with E-state index in [1.165, 1.54) is 7.11 Å². The van der Waals surface area contributed by atoms with Crippen molar-refractivity contribution in [1.29, 1.82) is 0 Å². The van der Waals surface area contributed by atoms with Gasteiger partial charge < -0.3 is 19.1 Å². The summed E-state index contributed by atoms with van der Waals surface area (Å²) in [7, 11) is 1.54. The number of aromatic hydroxyl groups is 1. The number of hydrogen-bond acceptors (Lipinski definition) is 7. The van der Waals surface area contributed by atoms with Crippen LogP contribution in [0.25, 0.3) is 11.5 Å². The molecular weight excluding hydrogens is 346 g/mol. The highest BCUT2D eigenvalue weighted by atomic mass is 16.5. The first-order valence-corrected chi connectivity index (χ1v) is 8.82. The molecule has 1 aliphatic rings. The van der Waals surface area contributed by atoms with Gasteiger partial charge in [0.15, 0.2) is 11.5 Å². The van der Waals surface area contributed by atoms with E-state index >= 15 is 0 Å². The normalized spacial score (nSPS) is 17.7. The number of benzene rings is 2. The summed E-state index contributed by atoms with van der Waals surface area (Å²) in [6, 6.07) is 15.1. The summed E-state index contributed by atoms with van der Waals surface area (Å²) < 4.78 is 16.3. The lowest BCUT2D eigenvalue weighted by molar-refractivity contribution is -0.0380. The second kappa shape index (κ2) is 7.77. The van der Waals surface area contributed by atoms with E-state index in [2.05, 4.69) is 15.0 Å². The number of rotatable bonds is 5. The van der Waals surface area contributed by atoms with Crippen LogP contribution >= 0.6 is 0 Å². The monoisotopic (exact) mass is 367 g/mol. The van der Waals surface area contributed by atoms with Crippen molar-refractivity contribution in [2.75, 3.05) is 26.8 Å². The molecular formula is C20H21N3O4. The molecule has 3 aromatic rings. The van der Waals surface area contributed by atoms with E-state index < -0.39 is 0 Å². The molecule has 7 nitrogen and oxygen atoms in total. The zero-order chi connectivity index (χ0) is 18.6. The zero-order valence-corrected chi connectivity index (χ0v) is 15.0. The summed E-state index contributed by atoms with van der Waals surface area (Å²) in [4.78, 5) is 6.74. The summed E-state index contributed by atoms with van der Waals surface area (Å²) in [5, 5.41) is 14.1. The van der Waals surface area contributed by atoms with Gasteiger partial charge in [-0.15, -0.1) is 0 Å². The minimum atomic E-state index is -0.244. The van der Waals surface area contributed by atoms with E-state index in [4.69, 9.17) is 14.0 Å². The number of methoxy groups -OCH3 is 1. The van der Waals surface area contributed by atoms with Gasteiger partial charge in [-0.1, -0.05) is 29.4 Å². The predicted molar refractivity (Wildman–Crippen MR) is 98.4 cm³/mol. The van der Waals surface area contributed by atoms with Crippen LogP contribution in [-0.4, -0.2) is 47.0 Å². The van der Waals surface area contributed by atoms with E-state index in [9.17, 15) is 5.11 Å². The van der Waals surface area contributed by atoms with Crippen LogP contribution in [-0.2, 0) is 11.3 Å². The lowest BCUT2D eigenvalue weighted by Gasteiger charge is -2.31. The van der Waals surface area contributed by atoms with Gasteiger partial charge in [0.2, 0.25) is 5.82 Å². The molecule has 0 spiro atoms. The van der Waals surface area contributed by atoms with Gasteiger partial charge in [-0.3, -0.25) is 4.90 Å². The molecule has 1 N–H and O–H groups in total. The Morgan fingerprint density at radius 3 is 2.85 bits per heavy atom. The molecule has 1 saturated heterocycles. The highest BCUT2D eigenvalue weighted by molar-refractivity contribution is 5.52. The van der Waals surface area contributed by atoms with Crippen LogP contribution in [0, 0.1) is 0 Å². The third kappa shape index (κ3) is 3.94. The molecule has 2 heterocycles. The van der Waals surface area contributed by atoms with Crippen molar-refractivity contribution in [1.82, 2.24) is 15.0 Å². The average Bonchev–Trinajstić information content (AvgIpc) is 3.19. The van der Waals surface area contributed by atoms with E-state index in [1.807, 2.05) is 36.4 Å². The Balaban J connectivity index is 1.44. The number of ether oxygens (including phenoxy) is 2. The molecule has 0 aliphatic carbocycles. The number of phenols is 1. The minimum Gasteiger partial charge on any atom is -0.504 e. The molecule has 4 rings (SSSR count). The molecule has 1 fully saturated rings. The molecule has 27 heavy (non-hydrogen) atoms.